The Balaban J connectivity index is 2.01. The summed E-state index contributed by atoms with van der Waals surface area (Å²) in [5, 5.41) is 10.3. The average molecular weight is 298 g/mol. The molecule has 1 fully saturated rings. The van der Waals surface area contributed by atoms with Gasteiger partial charge in [0.1, 0.15) is 0 Å². The minimum Gasteiger partial charge on any atom is -0.388 e. The Morgan fingerprint density at radius 1 is 1.55 bits per heavy atom. The van der Waals surface area contributed by atoms with Crippen LogP contribution in [-0.4, -0.2) is 42.2 Å². The van der Waals surface area contributed by atoms with E-state index >= 15 is 0 Å². The molecule has 0 amide bonds. The fourth-order valence-electron chi connectivity index (χ4n) is 2.81. The number of nitrogens with zero attached hydrogens (tertiary/aromatic N) is 2. The number of aromatic nitrogens is 1. The molecule has 0 radical (unpaired) electrons. The van der Waals surface area contributed by atoms with E-state index in [1.165, 1.54) is 10.6 Å². The van der Waals surface area contributed by atoms with Crippen molar-refractivity contribution in [2.75, 3.05) is 19.3 Å². The minimum atomic E-state index is -3.13. The summed E-state index contributed by atoms with van der Waals surface area (Å²) in [6, 6.07) is 3.69. The van der Waals surface area contributed by atoms with Gasteiger partial charge in [-0.1, -0.05) is 6.07 Å². The number of sulfonamides is 1. The SMILES string of the molecule is Cc1ncccc1C(O)CC1CCCN(S(C)(=O)=O)C1. The van der Waals surface area contributed by atoms with Crippen LogP contribution < -0.4 is 0 Å². The maximum Gasteiger partial charge on any atom is 0.211 e. The highest BCUT2D eigenvalue weighted by atomic mass is 32.2. The van der Waals surface area contributed by atoms with Gasteiger partial charge in [0.15, 0.2) is 0 Å². The third-order valence-corrected chi connectivity index (χ3v) is 5.18. The number of aryl methyl sites for hydroxylation is 1. The van der Waals surface area contributed by atoms with E-state index in [-0.39, 0.29) is 5.92 Å². The van der Waals surface area contributed by atoms with E-state index in [0.717, 1.165) is 24.1 Å². The molecule has 2 heterocycles. The van der Waals surface area contributed by atoms with Gasteiger partial charge in [-0.05, 0) is 38.2 Å². The van der Waals surface area contributed by atoms with Crippen LogP contribution in [0.3, 0.4) is 0 Å². The van der Waals surface area contributed by atoms with Crippen molar-refractivity contribution in [3.8, 4) is 0 Å². The third-order valence-electron chi connectivity index (χ3n) is 3.91. The van der Waals surface area contributed by atoms with Crippen LogP contribution in [0.25, 0.3) is 0 Å². The zero-order chi connectivity index (χ0) is 14.8. The molecule has 0 bridgehead atoms. The monoisotopic (exact) mass is 298 g/mol. The van der Waals surface area contributed by atoms with Crippen LogP contribution in [0.1, 0.15) is 36.6 Å². The molecule has 2 unspecified atom stereocenters. The van der Waals surface area contributed by atoms with Crippen molar-refractivity contribution in [3.05, 3.63) is 29.6 Å². The fourth-order valence-corrected chi connectivity index (χ4v) is 3.75. The van der Waals surface area contributed by atoms with Crippen molar-refractivity contribution in [2.45, 2.75) is 32.3 Å². The van der Waals surface area contributed by atoms with Crippen molar-refractivity contribution in [2.24, 2.45) is 5.92 Å². The van der Waals surface area contributed by atoms with Gasteiger partial charge in [0.25, 0.3) is 0 Å². The lowest BCUT2D eigenvalue weighted by molar-refractivity contribution is 0.122. The first-order valence-electron chi connectivity index (χ1n) is 6.92. The van der Waals surface area contributed by atoms with Gasteiger partial charge in [0, 0.05) is 30.5 Å². The number of pyridine rings is 1. The van der Waals surface area contributed by atoms with E-state index in [0.29, 0.717) is 19.5 Å². The van der Waals surface area contributed by atoms with Gasteiger partial charge in [-0.25, -0.2) is 12.7 Å². The summed E-state index contributed by atoms with van der Waals surface area (Å²) >= 11 is 0. The Hall–Kier alpha value is -0.980. The van der Waals surface area contributed by atoms with Gasteiger partial charge in [0.05, 0.1) is 12.4 Å². The molecule has 0 saturated carbocycles. The Kier molecular flexibility index (Phi) is 4.78. The number of piperidine rings is 1. The number of hydrogen-bond donors (Lipinski definition) is 1. The summed E-state index contributed by atoms with van der Waals surface area (Å²) in [6.45, 7) is 2.98. The lowest BCUT2D eigenvalue weighted by Gasteiger charge is -2.32. The average Bonchev–Trinajstić information content (AvgIpc) is 2.38. The first kappa shape index (κ1) is 15.4. The summed E-state index contributed by atoms with van der Waals surface area (Å²) in [4.78, 5) is 4.18. The highest BCUT2D eigenvalue weighted by Gasteiger charge is 2.27. The van der Waals surface area contributed by atoms with Gasteiger partial charge < -0.3 is 5.11 Å². The van der Waals surface area contributed by atoms with Crippen molar-refractivity contribution >= 4 is 10.0 Å². The Bertz CT molecular complexity index is 559. The molecule has 1 saturated heterocycles. The minimum absolute atomic E-state index is 0.202. The van der Waals surface area contributed by atoms with E-state index < -0.39 is 16.1 Å². The highest BCUT2D eigenvalue weighted by Crippen LogP contribution is 2.29. The first-order valence-corrected chi connectivity index (χ1v) is 8.77. The lowest BCUT2D eigenvalue weighted by Crippen LogP contribution is -2.39. The maximum atomic E-state index is 11.6. The molecular weight excluding hydrogens is 276 g/mol. The second kappa shape index (κ2) is 6.20. The van der Waals surface area contributed by atoms with Crippen LogP contribution in [0, 0.1) is 12.8 Å². The molecule has 1 aliphatic rings. The molecule has 0 aromatic carbocycles. The number of aliphatic hydroxyl groups is 1. The summed E-state index contributed by atoms with van der Waals surface area (Å²) < 4.78 is 24.7. The van der Waals surface area contributed by atoms with Crippen LogP contribution >= 0.6 is 0 Å². The molecule has 112 valence electrons. The number of rotatable bonds is 4. The summed E-state index contributed by atoms with van der Waals surface area (Å²) in [7, 11) is -3.13. The van der Waals surface area contributed by atoms with Gasteiger partial charge >= 0.3 is 0 Å². The van der Waals surface area contributed by atoms with Crippen molar-refractivity contribution in [1.82, 2.24) is 9.29 Å². The predicted molar refractivity (Wildman–Crippen MR) is 77.7 cm³/mol. The largest absolute Gasteiger partial charge is 0.388 e. The van der Waals surface area contributed by atoms with Gasteiger partial charge in [-0.2, -0.15) is 0 Å². The lowest BCUT2D eigenvalue weighted by atomic mass is 9.90. The van der Waals surface area contributed by atoms with Crippen LogP contribution in [-0.2, 0) is 10.0 Å². The molecule has 5 nitrogen and oxygen atoms in total. The molecule has 2 rings (SSSR count). The molecule has 0 aliphatic carbocycles. The number of hydrogen-bond acceptors (Lipinski definition) is 4. The van der Waals surface area contributed by atoms with E-state index in [9.17, 15) is 13.5 Å². The fraction of sp³-hybridized carbons (Fsp3) is 0.643. The molecule has 1 aromatic heterocycles. The molecule has 1 aliphatic heterocycles. The molecule has 20 heavy (non-hydrogen) atoms. The van der Waals surface area contributed by atoms with Crippen molar-refractivity contribution in [3.63, 3.8) is 0 Å². The Morgan fingerprint density at radius 2 is 2.30 bits per heavy atom. The molecule has 1 N–H and O–H groups in total. The molecule has 0 spiro atoms. The van der Waals surface area contributed by atoms with Crippen molar-refractivity contribution in [1.29, 1.82) is 0 Å². The van der Waals surface area contributed by atoms with Gasteiger partial charge in [0.2, 0.25) is 10.0 Å². The summed E-state index contributed by atoms with van der Waals surface area (Å²) in [5.41, 5.74) is 1.67. The predicted octanol–water partition coefficient (Wildman–Crippen LogP) is 1.49. The van der Waals surface area contributed by atoms with E-state index in [2.05, 4.69) is 4.98 Å². The molecule has 1 aromatic rings. The van der Waals surface area contributed by atoms with E-state index in [4.69, 9.17) is 0 Å². The van der Waals surface area contributed by atoms with Crippen LogP contribution in [0.5, 0.6) is 0 Å². The van der Waals surface area contributed by atoms with Crippen LogP contribution in [0.4, 0.5) is 0 Å². The van der Waals surface area contributed by atoms with Gasteiger partial charge in [-0.15, -0.1) is 0 Å². The zero-order valence-electron chi connectivity index (χ0n) is 12.0. The summed E-state index contributed by atoms with van der Waals surface area (Å²) in [6.07, 6.45) is 4.78. The Labute approximate surface area is 120 Å². The zero-order valence-corrected chi connectivity index (χ0v) is 12.8. The quantitative estimate of drug-likeness (QED) is 0.914. The van der Waals surface area contributed by atoms with Crippen LogP contribution in [0.15, 0.2) is 18.3 Å². The van der Waals surface area contributed by atoms with E-state index in [1.54, 1.807) is 6.20 Å². The second-order valence-corrected chi connectivity index (χ2v) is 7.54. The number of aliphatic hydroxyl groups excluding tert-OH is 1. The smallest absolute Gasteiger partial charge is 0.211 e. The molecule has 2 atom stereocenters. The van der Waals surface area contributed by atoms with Gasteiger partial charge in [-0.3, -0.25) is 4.98 Å². The van der Waals surface area contributed by atoms with E-state index in [1.807, 2.05) is 19.1 Å². The third kappa shape index (κ3) is 3.77. The highest BCUT2D eigenvalue weighted by molar-refractivity contribution is 7.88. The first-order chi connectivity index (χ1) is 9.38. The van der Waals surface area contributed by atoms with Crippen LogP contribution in [0.2, 0.25) is 0 Å². The standard InChI is InChI=1S/C14H22N2O3S/c1-11-13(6-3-7-15-11)14(17)9-12-5-4-8-16(10-12)20(2,18)19/h3,6-7,12,14,17H,4-5,8-10H2,1-2H3. The second-order valence-electron chi connectivity index (χ2n) is 5.56. The normalized spacial score (nSPS) is 22.6. The summed E-state index contributed by atoms with van der Waals surface area (Å²) in [5.74, 6) is 0.202. The molecular formula is C14H22N2O3S. The van der Waals surface area contributed by atoms with Crippen molar-refractivity contribution < 1.29 is 13.5 Å². The molecule has 6 heteroatoms. The Morgan fingerprint density at radius 3 is 2.95 bits per heavy atom. The topological polar surface area (TPSA) is 70.5 Å². The maximum absolute atomic E-state index is 11.6.